The lowest BCUT2D eigenvalue weighted by Gasteiger charge is -2.47. The Bertz CT molecular complexity index is 1640. The number of nitrogens with one attached hydrogen (secondary N) is 1. The van der Waals surface area contributed by atoms with E-state index in [0.717, 1.165) is 53.1 Å². The highest BCUT2D eigenvalue weighted by Crippen LogP contribution is 2.37. The number of hydrogen-bond acceptors (Lipinski definition) is 10. The van der Waals surface area contributed by atoms with Gasteiger partial charge >= 0.3 is 0 Å². The van der Waals surface area contributed by atoms with E-state index in [4.69, 9.17) is 9.97 Å². The monoisotopic (exact) mass is 566 g/mol. The van der Waals surface area contributed by atoms with E-state index >= 15 is 0 Å². The third-order valence-electron chi connectivity index (χ3n) is 7.67. The molecule has 0 spiro atoms. The maximum Gasteiger partial charge on any atom is 0.228 e. The molecule has 2 saturated heterocycles. The first kappa shape index (κ1) is 25.9. The number of hydrogen-bond donors (Lipinski definition) is 1. The fraction of sp³-hybridized carbons (Fsp3) is 0.480. The van der Waals surface area contributed by atoms with E-state index in [9.17, 15) is 13.7 Å². The van der Waals surface area contributed by atoms with Gasteiger partial charge in [-0.2, -0.15) is 19.8 Å². The molecule has 0 saturated carbocycles. The Morgan fingerprint density at radius 3 is 2.72 bits per heavy atom. The van der Waals surface area contributed by atoms with Crippen LogP contribution in [0.4, 0.5) is 11.6 Å². The number of anilines is 2. The Balaban J connectivity index is 1.27. The normalized spacial score (nSPS) is 18.7. The van der Waals surface area contributed by atoms with Crippen molar-refractivity contribution < 1.29 is 8.42 Å². The van der Waals surface area contributed by atoms with Crippen LogP contribution in [-0.2, 0) is 15.6 Å². The van der Waals surface area contributed by atoms with Crippen molar-refractivity contribution in [1.29, 1.82) is 5.26 Å². The van der Waals surface area contributed by atoms with Crippen LogP contribution in [0.5, 0.6) is 0 Å². The zero-order valence-electron chi connectivity index (χ0n) is 21.9. The summed E-state index contributed by atoms with van der Waals surface area (Å²) >= 11 is 1.55. The van der Waals surface area contributed by atoms with E-state index in [-0.39, 0.29) is 25.3 Å². The van der Waals surface area contributed by atoms with Crippen molar-refractivity contribution in [3.05, 3.63) is 36.2 Å². The second-order valence-corrected chi connectivity index (χ2v) is 13.5. The van der Waals surface area contributed by atoms with Gasteiger partial charge in [0.05, 0.1) is 58.3 Å². The van der Waals surface area contributed by atoms with Gasteiger partial charge in [0.15, 0.2) is 0 Å². The summed E-state index contributed by atoms with van der Waals surface area (Å²) in [5.41, 5.74) is 2.46. The Morgan fingerprint density at radius 2 is 1.97 bits per heavy atom. The number of nitriles is 1. The molecule has 4 aromatic rings. The Hall–Kier alpha value is -3.38. The molecular weight excluding hydrogens is 536 g/mol. The van der Waals surface area contributed by atoms with Crippen molar-refractivity contribution in [3.8, 4) is 17.3 Å². The molecule has 4 aromatic heterocycles. The summed E-state index contributed by atoms with van der Waals surface area (Å²) in [5, 5.41) is 23.9. The molecule has 14 heteroatoms. The lowest BCUT2D eigenvalue weighted by molar-refractivity contribution is 0.0719. The highest BCUT2D eigenvalue weighted by Gasteiger charge is 2.49. The SMILES string of the molecule is CCS(=O)(=O)N1CC(CC#N)(n2cc(-c3nc(Nc4cnn(C5CCN(C)CC5)c4)nc4ccsc34)cn2)C1. The van der Waals surface area contributed by atoms with Gasteiger partial charge in [-0.05, 0) is 51.3 Å². The van der Waals surface area contributed by atoms with E-state index < -0.39 is 15.6 Å². The second-order valence-electron chi connectivity index (χ2n) is 10.3. The minimum absolute atomic E-state index is 0.0317. The van der Waals surface area contributed by atoms with Gasteiger partial charge in [-0.1, -0.05) is 0 Å². The lowest BCUT2D eigenvalue weighted by atomic mass is 9.89. The van der Waals surface area contributed by atoms with Crippen molar-refractivity contribution in [2.24, 2.45) is 0 Å². The van der Waals surface area contributed by atoms with Crippen LogP contribution in [0.25, 0.3) is 21.5 Å². The topological polar surface area (TPSA) is 138 Å². The summed E-state index contributed by atoms with van der Waals surface area (Å²) in [5.74, 6) is 0.492. The smallest absolute Gasteiger partial charge is 0.228 e. The quantitative estimate of drug-likeness (QED) is 0.341. The standard InChI is InChI=1S/C25H30N10O2S2/c1-3-39(36,37)33-16-25(17-33,7-8-26)35-14-18(12-28-35)22-23-21(6-11-38-23)30-24(31-22)29-19-13-27-34(15-19)20-4-9-32(2)10-5-20/h6,11-15,20H,3-5,7,9-10,16-17H2,1-2H3,(H,29,30,31). The molecule has 2 fully saturated rings. The van der Waals surface area contributed by atoms with Crippen LogP contribution in [0.3, 0.4) is 0 Å². The van der Waals surface area contributed by atoms with E-state index in [2.05, 4.69) is 33.5 Å². The minimum Gasteiger partial charge on any atom is -0.321 e. The molecule has 0 radical (unpaired) electrons. The number of likely N-dealkylation sites (tertiary alicyclic amines) is 1. The van der Waals surface area contributed by atoms with Crippen molar-refractivity contribution in [3.63, 3.8) is 0 Å². The van der Waals surface area contributed by atoms with E-state index in [1.165, 1.54) is 4.31 Å². The minimum atomic E-state index is -3.32. The number of piperidine rings is 1. The molecule has 2 aliphatic heterocycles. The molecule has 0 aliphatic carbocycles. The van der Waals surface area contributed by atoms with Gasteiger partial charge in [-0.15, -0.1) is 11.3 Å². The van der Waals surface area contributed by atoms with Gasteiger partial charge < -0.3 is 10.2 Å². The van der Waals surface area contributed by atoms with Crippen LogP contribution in [-0.4, -0.2) is 86.1 Å². The molecule has 6 heterocycles. The van der Waals surface area contributed by atoms with Crippen LogP contribution in [0.15, 0.2) is 36.2 Å². The fourth-order valence-electron chi connectivity index (χ4n) is 5.28. The van der Waals surface area contributed by atoms with Gasteiger partial charge in [0.1, 0.15) is 5.54 Å². The first-order valence-corrected chi connectivity index (χ1v) is 15.4. The summed E-state index contributed by atoms with van der Waals surface area (Å²) in [6.45, 7) is 4.20. The van der Waals surface area contributed by atoms with Gasteiger partial charge in [-0.25, -0.2) is 18.4 Å². The molecular formula is C25H30N10O2S2. The summed E-state index contributed by atoms with van der Waals surface area (Å²) in [6, 6.07) is 4.55. The van der Waals surface area contributed by atoms with E-state index in [0.29, 0.717) is 12.0 Å². The highest BCUT2D eigenvalue weighted by atomic mass is 32.2. The first-order valence-electron chi connectivity index (χ1n) is 13.0. The summed E-state index contributed by atoms with van der Waals surface area (Å²) in [7, 11) is -1.18. The van der Waals surface area contributed by atoms with Crippen LogP contribution < -0.4 is 5.32 Å². The van der Waals surface area contributed by atoms with Gasteiger partial charge in [0.2, 0.25) is 16.0 Å². The number of nitrogens with zero attached hydrogens (tertiary/aromatic N) is 9. The lowest BCUT2D eigenvalue weighted by Crippen LogP contribution is -2.64. The molecule has 0 unspecified atom stereocenters. The largest absolute Gasteiger partial charge is 0.321 e. The molecule has 2 aliphatic rings. The molecule has 0 atom stereocenters. The molecule has 0 amide bonds. The van der Waals surface area contributed by atoms with Crippen molar-refractivity contribution in [2.75, 3.05) is 44.3 Å². The van der Waals surface area contributed by atoms with Crippen LogP contribution >= 0.6 is 11.3 Å². The molecule has 39 heavy (non-hydrogen) atoms. The maximum absolute atomic E-state index is 12.3. The third-order valence-corrected chi connectivity index (χ3v) is 10.4. The van der Waals surface area contributed by atoms with Crippen LogP contribution in [0, 0.1) is 11.3 Å². The number of sulfonamides is 1. The average molecular weight is 567 g/mol. The van der Waals surface area contributed by atoms with Gasteiger partial charge in [0.25, 0.3) is 0 Å². The third kappa shape index (κ3) is 4.80. The summed E-state index contributed by atoms with van der Waals surface area (Å²) in [6.07, 6.45) is 9.69. The Kier molecular flexibility index (Phi) is 6.62. The number of rotatable bonds is 8. The van der Waals surface area contributed by atoms with E-state index in [1.54, 1.807) is 35.3 Å². The number of thiophene rings is 1. The molecule has 1 N–H and O–H groups in total. The molecule has 204 valence electrons. The molecule has 0 bridgehead atoms. The fourth-order valence-corrected chi connectivity index (χ4v) is 7.37. The molecule has 6 rings (SSSR count). The Morgan fingerprint density at radius 1 is 1.18 bits per heavy atom. The molecule has 0 aromatic carbocycles. The summed E-state index contributed by atoms with van der Waals surface area (Å²) < 4.78 is 30.8. The van der Waals surface area contributed by atoms with Crippen LogP contribution in [0.1, 0.15) is 32.2 Å². The predicted octanol–water partition coefficient (Wildman–Crippen LogP) is 3.04. The Labute approximate surface area is 230 Å². The van der Waals surface area contributed by atoms with Crippen molar-refractivity contribution in [1.82, 2.24) is 38.7 Å². The zero-order valence-corrected chi connectivity index (χ0v) is 23.5. The zero-order chi connectivity index (χ0) is 27.2. The predicted molar refractivity (Wildman–Crippen MR) is 149 cm³/mol. The maximum atomic E-state index is 12.3. The van der Waals surface area contributed by atoms with Gasteiger partial charge in [-0.3, -0.25) is 9.36 Å². The van der Waals surface area contributed by atoms with Crippen molar-refractivity contribution >= 4 is 43.2 Å². The molecule has 12 nitrogen and oxygen atoms in total. The first-order chi connectivity index (χ1) is 18.8. The van der Waals surface area contributed by atoms with Crippen LogP contribution in [0.2, 0.25) is 0 Å². The average Bonchev–Trinajstić information content (AvgIpc) is 3.67. The highest BCUT2D eigenvalue weighted by molar-refractivity contribution is 7.89. The number of aromatic nitrogens is 6. The van der Waals surface area contributed by atoms with Crippen molar-refractivity contribution in [2.45, 2.75) is 37.8 Å². The number of fused-ring (bicyclic) bond motifs is 1. The second kappa shape index (κ2) is 9.98. The van der Waals surface area contributed by atoms with E-state index in [1.807, 2.05) is 28.5 Å². The summed E-state index contributed by atoms with van der Waals surface area (Å²) in [4.78, 5) is 11.9. The van der Waals surface area contributed by atoms with Gasteiger partial charge in [0, 0.05) is 31.0 Å².